The standard InChI is InChI=1S/C15H18FN3/c1-2-19(11-12-6-8-18-9-7-12)15-5-3-4-14(16)13(15)10-17/h3-9H,2,10-11,17H2,1H3. The largest absolute Gasteiger partial charge is 0.367 e. The second kappa shape index (κ2) is 6.29. The van der Waals surface area contributed by atoms with E-state index in [1.54, 1.807) is 18.5 Å². The number of nitrogens with zero attached hydrogens (tertiary/aromatic N) is 2. The van der Waals surface area contributed by atoms with Crippen molar-refractivity contribution in [2.24, 2.45) is 5.73 Å². The molecule has 0 saturated heterocycles. The van der Waals surface area contributed by atoms with E-state index in [1.165, 1.54) is 6.07 Å². The van der Waals surface area contributed by atoms with Gasteiger partial charge in [-0.3, -0.25) is 4.98 Å². The molecule has 1 heterocycles. The van der Waals surface area contributed by atoms with Crippen LogP contribution in [-0.2, 0) is 13.1 Å². The lowest BCUT2D eigenvalue weighted by atomic mass is 10.1. The Morgan fingerprint density at radius 1 is 1.21 bits per heavy atom. The van der Waals surface area contributed by atoms with Gasteiger partial charge >= 0.3 is 0 Å². The van der Waals surface area contributed by atoms with Crippen molar-refractivity contribution in [2.75, 3.05) is 11.4 Å². The zero-order valence-corrected chi connectivity index (χ0v) is 11.0. The van der Waals surface area contributed by atoms with Crippen LogP contribution in [0.25, 0.3) is 0 Å². The second-order valence-electron chi connectivity index (χ2n) is 4.31. The van der Waals surface area contributed by atoms with E-state index in [0.717, 1.165) is 24.3 Å². The smallest absolute Gasteiger partial charge is 0.129 e. The van der Waals surface area contributed by atoms with Crippen LogP contribution >= 0.6 is 0 Å². The maximum absolute atomic E-state index is 13.8. The Bertz CT molecular complexity index is 528. The van der Waals surface area contributed by atoms with Gasteiger partial charge in [-0.1, -0.05) is 6.07 Å². The molecule has 4 heteroatoms. The molecule has 0 atom stereocenters. The number of pyridine rings is 1. The highest BCUT2D eigenvalue weighted by molar-refractivity contribution is 5.54. The Hall–Kier alpha value is -1.94. The third kappa shape index (κ3) is 3.09. The molecule has 3 nitrogen and oxygen atoms in total. The zero-order chi connectivity index (χ0) is 13.7. The molecule has 1 aromatic heterocycles. The van der Waals surface area contributed by atoms with Crippen LogP contribution < -0.4 is 10.6 Å². The summed E-state index contributed by atoms with van der Waals surface area (Å²) in [6.07, 6.45) is 3.52. The molecule has 0 saturated carbocycles. The number of hydrogen-bond acceptors (Lipinski definition) is 3. The molecular weight excluding hydrogens is 241 g/mol. The molecule has 0 aliphatic carbocycles. The molecule has 0 fully saturated rings. The summed E-state index contributed by atoms with van der Waals surface area (Å²) < 4.78 is 13.8. The lowest BCUT2D eigenvalue weighted by Crippen LogP contribution is -2.24. The highest BCUT2D eigenvalue weighted by atomic mass is 19.1. The van der Waals surface area contributed by atoms with E-state index in [-0.39, 0.29) is 12.4 Å². The van der Waals surface area contributed by atoms with Crippen molar-refractivity contribution < 1.29 is 4.39 Å². The number of nitrogens with two attached hydrogens (primary N) is 1. The minimum atomic E-state index is -0.242. The summed E-state index contributed by atoms with van der Waals surface area (Å²) in [5.41, 5.74) is 8.23. The number of benzene rings is 1. The van der Waals surface area contributed by atoms with Crippen LogP contribution in [-0.4, -0.2) is 11.5 Å². The Morgan fingerprint density at radius 2 is 1.95 bits per heavy atom. The zero-order valence-electron chi connectivity index (χ0n) is 11.0. The fourth-order valence-electron chi connectivity index (χ4n) is 2.12. The van der Waals surface area contributed by atoms with Gasteiger partial charge in [0.1, 0.15) is 5.82 Å². The lowest BCUT2D eigenvalue weighted by Gasteiger charge is -2.25. The molecule has 19 heavy (non-hydrogen) atoms. The van der Waals surface area contributed by atoms with Crippen LogP contribution in [0.5, 0.6) is 0 Å². The molecule has 0 aliphatic heterocycles. The summed E-state index contributed by atoms with van der Waals surface area (Å²) in [4.78, 5) is 6.11. The summed E-state index contributed by atoms with van der Waals surface area (Å²) in [5, 5.41) is 0. The van der Waals surface area contributed by atoms with E-state index in [0.29, 0.717) is 5.56 Å². The normalized spacial score (nSPS) is 10.5. The summed E-state index contributed by atoms with van der Waals surface area (Å²) >= 11 is 0. The maximum Gasteiger partial charge on any atom is 0.129 e. The number of hydrogen-bond donors (Lipinski definition) is 1. The fourth-order valence-corrected chi connectivity index (χ4v) is 2.12. The molecular formula is C15H18FN3. The molecule has 2 rings (SSSR count). The van der Waals surface area contributed by atoms with Crippen molar-refractivity contribution >= 4 is 5.69 Å². The highest BCUT2D eigenvalue weighted by Crippen LogP contribution is 2.24. The number of aromatic nitrogens is 1. The first-order valence-corrected chi connectivity index (χ1v) is 6.37. The SMILES string of the molecule is CCN(Cc1ccncc1)c1cccc(F)c1CN. The minimum Gasteiger partial charge on any atom is -0.367 e. The van der Waals surface area contributed by atoms with Crippen molar-refractivity contribution in [1.82, 2.24) is 4.98 Å². The summed E-state index contributed by atoms with van der Waals surface area (Å²) in [5.74, 6) is -0.242. The molecule has 1 aromatic carbocycles. The quantitative estimate of drug-likeness (QED) is 0.897. The van der Waals surface area contributed by atoms with Gasteiger partial charge in [-0.15, -0.1) is 0 Å². The first kappa shape index (κ1) is 13.5. The highest BCUT2D eigenvalue weighted by Gasteiger charge is 2.12. The van der Waals surface area contributed by atoms with Crippen LogP contribution in [0.4, 0.5) is 10.1 Å². The van der Waals surface area contributed by atoms with Gasteiger partial charge in [0.05, 0.1) is 0 Å². The van der Waals surface area contributed by atoms with Crippen LogP contribution in [0.15, 0.2) is 42.7 Å². The number of anilines is 1. The van der Waals surface area contributed by atoms with E-state index in [4.69, 9.17) is 5.73 Å². The average molecular weight is 259 g/mol. The van der Waals surface area contributed by atoms with Crippen molar-refractivity contribution in [2.45, 2.75) is 20.0 Å². The Labute approximate surface area is 112 Å². The van der Waals surface area contributed by atoms with E-state index in [9.17, 15) is 4.39 Å². The van der Waals surface area contributed by atoms with Crippen molar-refractivity contribution in [3.05, 3.63) is 59.7 Å². The molecule has 0 spiro atoms. The van der Waals surface area contributed by atoms with Gasteiger partial charge in [0.2, 0.25) is 0 Å². The Morgan fingerprint density at radius 3 is 2.58 bits per heavy atom. The van der Waals surface area contributed by atoms with E-state index in [1.807, 2.05) is 25.1 Å². The monoisotopic (exact) mass is 259 g/mol. The van der Waals surface area contributed by atoms with Crippen molar-refractivity contribution in [3.63, 3.8) is 0 Å². The molecule has 0 amide bonds. The molecule has 2 aromatic rings. The van der Waals surface area contributed by atoms with Crippen molar-refractivity contribution in [3.8, 4) is 0 Å². The molecule has 0 bridgehead atoms. The summed E-state index contributed by atoms with van der Waals surface area (Å²) in [6.45, 7) is 3.76. The van der Waals surface area contributed by atoms with E-state index in [2.05, 4.69) is 9.88 Å². The maximum atomic E-state index is 13.8. The van der Waals surface area contributed by atoms with Gasteiger partial charge in [-0.25, -0.2) is 4.39 Å². The first-order valence-electron chi connectivity index (χ1n) is 6.37. The second-order valence-corrected chi connectivity index (χ2v) is 4.31. The van der Waals surface area contributed by atoms with Gasteiger partial charge in [0, 0.05) is 43.3 Å². The van der Waals surface area contributed by atoms with Gasteiger partial charge < -0.3 is 10.6 Å². The number of halogens is 1. The molecule has 2 N–H and O–H groups in total. The third-order valence-corrected chi connectivity index (χ3v) is 3.14. The van der Waals surface area contributed by atoms with Gasteiger partial charge in [0.15, 0.2) is 0 Å². The van der Waals surface area contributed by atoms with Crippen LogP contribution in [0.3, 0.4) is 0 Å². The van der Waals surface area contributed by atoms with Crippen molar-refractivity contribution in [1.29, 1.82) is 0 Å². The van der Waals surface area contributed by atoms with E-state index < -0.39 is 0 Å². The van der Waals surface area contributed by atoms with Crippen LogP contribution in [0, 0.1) is 5.82 Å². The average Bonchev–Trinajstić information content (AvgIpc) is 2.45. The predicted octanol–water partition coefficient (Wildman–Crippen LogP) is 2.71. The number of rotatable bonds is 5. The van der Waals surface area contributed by atoms with E-state index >= 15 is 0 Å². The fraction of sp³-hybridized carbons (Fsp3) is 0.267. The Balaban J connectivity index is 2.30. The minimum absolute atomic E-state index is 0.203. The van der Waals surface area contributed by atoms with Gasteiger partial charge in [-0.05, 0) is 36.8 Å². The summed E-state index contributed by atoms with van der Waals surface area (Å²) in [6, 6.07) is 9.01. The molecule has 0 aliphatic rings. The molecule has 100 valence electrons. The summed E-state index contributed by atoms with van der Waals surface area (Å²) in [7, 11) is 0. The van der Waals surface area contributed by atoms with Crippen LogP contribution in [0.2, 0.25) is 0 Å². The predicted molar refractivity (Wildman–Crippen MR) is 75.3 cm³/mol. The van der Waals surface area contributed by atoms with Gasteiger partial charge in [-0.2, -0.15) is 0 Å². The lowest BCUT2D eigenvalue weighted by molar-refractivity contribution is 0.608. The third-order valence-electron chi connectivity index (χ3n) is 3.14. The van der Waals surface area contributed by atoms with Crippen LogP contribution in [0.1, 0.15) is 18.1 Å². The van der Waals surface area contributed by atoms with Gasteiger partial charge in [0.25, 0.3) is 0 Å². The Kier molecular flexibility index (Phi) is 4.47. The molecule has 0 radical (unpaired) electrons. The topological polar surface area (TPSA) is 42.2 Å². The first-order chi connectivity index (χ1) is 9.26. The molecule has 0 unspecified atom stereocenters.